The van der Waals surface area contributed by atoms with Crippen molar-refractivity contribution in [2.75, 3.05) is 13.1 Å². The van der Waals surface area contributed by atoms with Crippen molar-refractivity contribution in [1.29, 1.82) is 0 Å². The molecule has 7 heteroatoms. The molecule has 1 atom stereocenters. The van der Waals surface area contributed by atoms with Crippen LogP contribution in [0.5, 0.6) is 0 Å². The highest BCUT2D eigenvalue weighted by Crippen LogP contribution is 2.30. The number of rotatable bonds is 6. The van der Waals surface area contributed by atoms with Gasteiger partial charge in [0.2, 0.25) is 10.0 Å². The van der Waals surface area contributed by atoms with E-state index in [9.17, 15) is 12.8 Å². The van der Waals surface area contributed by atoms with Gasteiger partial charge < -0.3 is 0 Å². The minimum absolute atomic E-state index is 0.0566. The maximum Gasteiger partial charge on any atom is 0.240 e. The van der Waals surface area contributed by atoms with E-state index >= 15 is 0 Å². The van der Waals surface area contributed by atoms with Crippen molar-refractivity contribution >= 4 is 21.4 Å². The molecule has 0 amide bonds. The molecule has 0 bridgehead atoms. The number of halogens is 1. The van der Waals surface area contributed by atoms with Crippen LogP contribution < -0.4 is 4.72 Å². The summed E-state index contributed by atoms with van der Waals surface area (Å²) in [6.07, 6.45) is 0.946. The van der Waals surface area contributed by atoms with Gasteiger partial charge in [-0.15, -0.1) is 11.3 Å². The Hall–Kier alpha value is -2.06. The van der Waals surface area contributed by atoms with Crippen LogP contribution in [0.3, 0.4) is 0 Å². The quantitative estimate of drug-likeness (QED) is 0.635. The summed E-state index contributed by atoms with van der Waals surface area (Å²) in [6, 6.07) is 16.1. The summed E-state index contributed by atoms with van der Waals surface area (Å²) in [5.41, 5.74) is 3.05. The van der Waals surface area contributed by atoms with E-state index in [4.69, 9.17) is 0 Å². The average Bonchev–Trinajstić information content (AvgIpc) is 3.22. The number of nitrogens with zero attached hydrogens (tertiary/aromatic N) is 1. The third-order valence-corrected chi connectivity index (χ3v) is 7.92. The predicted octanol–water partition coefficient (Wildman–Crippen LogP) is 4.27. The molecule has 0 saturated heterocycles. The fraction of sp³-hybridized carbons (Fsp3) is 0.273. The molecule has 0 radical (unpaired) electrons. The van der Waals surface area contributed by atoms with Gasteiger partial charge in [-0.2, -0.15) is 0 Å². The van der Waals surface area contributed by atoms with Crippen molar-refractivity contribution in [3.05, 3.63) is 87.4 Å². The Labute approximate surface area is 175 Å². The van der Waals surface area contributed by atoms with Crippen molar-refractivity contribution < 1.29 is 12.8 Å². The lowest BCUT2D eigenvalue weighted by molar-refractivity contribution is 0.183. The Kier molecular flexibility index (Phi) is 5.83. The van der Waals surface area contributed by atoms with Gasteiger partial charge in [-0.1, -0.05) is 30.3 Å². The maximum absolute atomic E-state index is 13.4. The number of fused-ring (bicyclic) bond motifs is 1. The molecule has 29 heavy (non-hydrogen) atoms. The van der Waals surface area contributed by atoms with Gasteiger partial charge >= 0.3 is 0 Å². The fourth-order valence-corrected chi connectivity index (χ4v) is 5.98. The van der Waals surface area contributed by atoms with Crippen molar-refractivity contribution in [2.45, 2.75) is 30.8 Å². The molecule has 0 aliphatic carbocycles. The van der Waals surface area contributed by atoms with Crippen molar-refractivity contribution in [2.24, 2.45) is 0 Å². The summed E-state index contributed by atoms with van der Waals surface area (Å²) < 4.78 is 41.9. The van der Waals surface area contributed by atoms with Crippen molar-refractivity contribution in [3.8, 4) is 0 Å². The van der Waals surface area contributed by atoms with Crippen LogP contribution in [0.25, 0.3) is 0 Å². The lowest BCUT2D eigenvalue weighted by atomic mass is 9.98. The number of hydrogen-bond acceptors (Lipinski definition) is 4. The topological polar surface area (TPSA) is 49.4 Å². The van der Waals surface area contributed by atoms with E-state index in [0.717, 1.165) is 24.4 Å². The van der Waals surface area contributed by atoms with Gasteiger partial charge in [0, 0.05) is 24.5 Å². The highest BCUT2D eigenvalue weighted by Gasteiger charge is 2.27. The zero-order valence-electron chi connectivity index (χ0n) is 16.1. The molecule has 0 unspecified atom stereocenters. The molecule has 1 aliphatic rings. The SMILES string of the molecule is Cc1cc(F)ccc1S(=O)(=O)NC[C@@H](c1cccs1)N1CCc2ccccc2C1. The Morgan fingerprint density at radius 3 is 2.66 bits per heavy atom. The molecule has 4 rings (SSSR count). The summed E-state index contributed by atoms with van der Waals surface area (Å²) in [6.45, 7) is 3.53. The molecular formula is C22H23FN2O2S2. The van der Waals surface area contributed by atoms with E-state index in [1.54, 1.807) is 18.3 Å². The number of sulfonamides is 1. The number of benzene rings is 2. The van der Waals surface area contributed by atoms with E-state index in [1.165, 1.54) is 29.3 Å². The summed E-state index contributed by atoms with van der Waals surface area (Å²) in [5.74, 6) is -0.440. The molecule has 0 fully saturated rings. The summed E-state index contributed by atoms with van der Waals surface area (Å²) in [7, 11) is -3.73. The maximum atomic E-state index is 13.4. The van der Waals surface area contributed by atoms with Crippen molar-refractivity contribution in [3.63, 3.8) is 0 Å². The van der Waals surface area contributed by atoms with E-state index < -0.39 is 15.8 Å². The van der Waals surface area contributed by atoms with Gasteiger partial charge in [0.1, 0.15) is 5.82 Å². The predicted molar refractivity (Wildman–Crippen MR) is 114 cm³/mol. The van der Waals surface area contributed by atoms with Gasteiger partial charge in [0.15, 0.2) is 0 Å². The summed E-state index contributed by atoms with van der Waals surface area (Å²) in [5, 5.41) is 2.01. The van der Waals surface area contributed by atoms with Gasteiger partial charge in [0.05, 0.1) is 10.9 Å². The third-order valence-electron chi connectivity index (χ3n) is 5.37. The monoisotopic (exact) mass is 430 g/mol. The largest absolute Gasteiger partial charge is 0.290 e. The molecule has 2 heterocycles. The molecule has 152 valence electrons. The molecule has 3 aromatic rings. The van der Waals surface area contributed by atoms with E-state index in [0.29, 0.717) is 5.56 Å². The first-order chi connectivity index (χ1) is 13.9. The number of aryl methyl sites for hydroxylation is 1. The van der Waals surface area contributed by atoms with Gasteiger partial charge in [-0.3, -0.25) is 4.90 Å². The van der Waals surface area contributed by atoms with Crippen LogP contribution in [0.1, 0.15) is 27.6 Å². The molecule has 1 N–H and O–H groups in total. The average molecular weight is 431 g/mol. The third kappa shape index (κ3) is 4.43. The second-order valence-electron chi connectivity index (χ2n) is 7.28. The molecule has 0 spiro atoms. The Bertz CT molecular complexity index is 1100. The second kappa shape index (κ2) is 8.36. The zero-order chi connectivity index (χ0) is 20.4. The van der Waals surface area contributed by atoms with Gasteiger partial charge in [-0.25, -0.2) is 17.5 Å². The minimum Gasteiger partial charge on any atom is -0.290 e. The van der Waals surface area contributed by atoms with Gasteiger partial charge in [-0.05, 0) is 59.7 Å². The van der Waals surface area contributed by atoms with Crippen LogP contribution in [0.4, 0.5) is 4.39 Å². The first-order valence-electron chi connectivity index (χ1n) is 9.54. The normalized spacial score (nSPS) is 15.8. The Morgan fingerprint density at radius 1 is 1.14 bits per heavy atom. The lowest BCUT2D eigenvalue weighted by Crippen LogP contribution is -2.40. The molecule has 1 aliphatic heterocycles. The summed E-state index contributed by atoms with van der Waals surface area (Å²) >= 11 is 1.63. The molecular weight excluding hydrogens is 407 g/mol. The second-order valence-corrected chi connectivity index (χ2v) is 10.00. The first kappa shape index (κ1) is 20.2. The standard InChI is InChI=1S/C22H23FN2O2S2/c1-16-13-19(23)8-9-22(16)29(26,27)24-14-20(21-7-4-12-28-21)25-11-10-17-5-2-3-6-18(17)15-25/h2-9,12-13,20,24H,10-11,14-15H2,1H3/t20-/m0/s1. The Morgan fingerprint density at radius 2 is 1.93 bits per heavy atom. The van der Waals surface area contributed by atoms with Gasteiger partial charge in [0.25, 0.3) is 0 Å². The van der Waals surface area contributed by atoms with Crippen LogP contribution >= 0.6 is 11.3 Å². The van der Waals surface area contributed by atoms with Crippen LogP contribution in [-0.4, -0.2) is 26.4 Å². The van der Waals surface area contributed by atoms with Crippen LogP contribution in [0.15, 0.2) is 64.9 Å². The lowest BCUT2D eigenvalue weighted by Gasteiger charge is -2.35. The molecule has 0 saturated carbocycles. The van der Waals surface area contributed by atoms with E-state index in [-0.39, 0.29) is 17.5 Å². The first-order valence-corrected chi connectivity index (χ1v) is 11.9. The summed E-state index contributed by atoms with van der Waals surface area (Å²) in [4.78, 5) is 3.57. The number of thiophene rings is 1. The fourth-order valence-electron chi connectivity index (χ4n) is 3.85. The Balaban J connectivity index is 1.56. The number of hydrogen-bond donors (Lipinski definition) is 1. The smallest absolute Gasteiger partial charge is 0.240 e. The zero-order valence-corrected chi connectivity index (χ0v) is 17.8. The van der Waals surface area contributed by atoms with Crippen LogP contribution in [0, 0.1) is 12.7 Å². The minimum atomic E-state index is -3.73. The number of nitrogens with one attached hydrogen (secondary N) is 1. The molecule has 2 aromatic carbocycles. The molecule has 4 nitrogen and oxygen atoms in total. The van der Waals surface area contributed by atoms with Crippen LogP contribution in [-0.2, 0) is 23.0 Å². The van der Waals surface area contributed by atoms with E-state index in [2.05, 4.69) is 27.8 Å². The van der Waals surface area contributed by atoms with Crippen molar-refractivity contribution in [1.82, 2.24) is 9.62 Å². The molecule has 1 aromatic heterocycles. The van der Waals surface area contributed by atoms with E-state index in [1.807, 2.05) is 23.6 Å². The highest BCUT2D eigenvalue weighted by molar-refractivity contribution is 7.89. The van der Waals surface area contributed by atoms with Crippen LogP contribution in [0.2, 0.25) is 0 Å². The highest BCUT2D eigenvalue weighted by atomic mass is 32.2.